The lowest BCUT2D eigenvalue weighted by Gasteiger charge is -2.16. The summed E-state index contributed by atoms with van der Waals surface area (Å²) in [6.07, 6.45) is -0.412. The highest BCUT2D eigenvalue weighted by Gasteiger charge is 2.22. The molecule has 0 aliphatic carbocycles. The van der Waals surface area contributed by atoms with Crippen LogP contribution in [0.1, 0.15) is 18.4 Å². The fourth-order valence-electron chi connectivity index (χ4n) is 1.65. The van der Waals surface area contributed by atoms with Gasteiger partial charge in [-0.2, -0.15) is 0 Å². The molecule has 0 aliphatic heterocycles. The molecule has 1 aromatic rings. The summed E-state index contributed by atoms with van der Waals surface area (Å²) < 4.78 is 0. The van der Waals surface area contributed by atoms with Gasteiger partial charge in [0.2, 0.25) is 0 Å². The van der Waals surface area contributed by atoms with E-state index in [-0.39, 0.29) is 25.0 Å². The second-order valence-corrected chi connectivity index (χ2v) is 4.84. The molecule has 0 heterocycles. The molecule has 23 heavy (non-hydrogen) atoms. The molecule has 9 heteroatoms. The van der Waals surface area contributed by atoms with Crippen molar-refractivity contribution in [3.8, 4) is 5.75 Å². The maximum absolute atomic E-state index is 11.6. The van der Waals surface area contributed by atoms with Crippen molar-refractivity contribution in [1.29, 1.82) is 0 Å². The third kappa shape index (κ3) is 6.76. The molecule has 0 spiro atoms. The van der Waals surface area contributed by atoms with E-state index in [0.717, 1.165) is 0 Å². The number of hydroxylamine groups is 1. The minimum Gasteiger partial charge on any atom is -0.508 e. The van der Waals surface area contributed by atoms with E-state index in [1.54, 1.807) is 0 Å². The standard InChI is InChI=1S/C14H18N2O7/c15-10(5-6-12(18)19)14(22)23-16-11(13(20)21)7-8-1-3-9(17)4-2-8/h1-4,10-11,16-17H,5-7,15H2,(H,18,19)(H,20,21)/t10-,11-/m0/s1. The summed E-state index contributed by atoms with van der Waals surface area (Å²) in [7, 11) is 0. The largest absolute Gasteiger partial charge is 0.508 e. The maximum Gasteiger partial charge on any atom is 0.341 e. The number of rotatable bonds is 9. The van der Waals surface area contributed by atoms with Crippen molar-refractivity contribution in [3.63, 3.8) is 0 Å². The SMILES string of the molecule is N[C@@H](CCC(=O)O)C(=O)ON[C@@H](Cc1ccc(O)cc1)C(=O)O. The molecule has 0 amide bonds. The molecule has 1 rings (SSSR count). The van der Waals surface area contributed by atoms with Crippen molar-refractivity contribution >= 4 is 17.9 Å². The fourth-order valence-corrected chi connectivity index (χ4v) is 1.65. The Bertz CT molecular complexity index is 559. The number of nitrogens with one attached hydrogen (secondary N) is 1. The number of hydrogen-bond acceptors (Lipinski definition) is 7. The van der Waals surface area contributed by atoms with Crippen molar-refractivity contribution in [2.45, 2.75) is 31.3 Å². The van der Waals surface area contributed by atoms with Crippen LogP contribution in [0.2, 0.25) is 0 Å². The number of phenols is 1. The van der Waals surface area contributed by atoms with E-state index in [9.17, 15) is 14.4 Å². The highest BCUT2D eigenvalue weighted by atomic mass is 16.7. The number of carboxylic acids is 2. The van der Waals surface area contributed by atoms with Crippen molar-refractivity contribution in [2.75, 3.05) is 0 Å². The molecular formula is C14H18N2O7. The molecule has 0 aliphatic rings. The van der Waals surface area contributed by atoms with Crippen molar-refractivity contribution in [1.82, 2.24) is 5.48 Å². The maximum atomic E-state index is 11.6. The van der Waals surface area contributed by atoms with Gasteiger partial charge in [-0.15, -0.1) is 5.48 Å². The number of carbonyl (C=O) groups excluding carboxylic acids is 1. The molecule has 0 bridgehead atoms. The quantitative estimate of drug-likeness (QED) is 0.381. The molecule has 0 fully saturated rings. The Labute approximate surface area is 131 Å². The third-order valence-corrected chi connectivity index (χ3v) is 2.95. The van der Waals surface area contributed by atoms with E-state index >= 15 is 0 Å². The van der Waals surface area contributed by atoms with E-state index < -0.39 is 30.0 Å². The Morgan fingerprint density at radius 3 is 2.30 bits per heavy atom. The molecule has 0 radical (unpaired) electrons. The molecule has 0 saturated heterocycles. The lowest BCUT2D eigenvalue weighted by molar-refractivity contribution is -0.159. The van der Waals surface area contributed by atoms with E-state index in [1.807, 2.05) is 0 Å². The minimum absolute atomic E-state index is 0.00720. The highest BCUT2D eigenvalue weighted by molar-refractivity contribution is 5.77. The first-order valence-corrected chi connectivity index (χ1v) is 6.74. The summed E-state index contributed by atoms with van der Waals surface area (Å²) >= 11 is 0. The number of carbonyl (C=O) groups is 3. The molecule has 9 nitrogen and oxygen atoms in total. The first-order chi connectivity index (χ1) is 10.8. The van der Waals surface area contributed by atoms with Crippen molar-refractivity contribution < 1.29 is 34.5 Å². The minimum atomic E-state index is -1.25. The van der Waals surface area contributed by atoms with Crippen LogP contribution in [0.15, 0.2) is 24.3 Å². The summed E-state index contributed by atoms with van der Waals surface area (Å²) in [4.78, 5) is 37.7. The van der Waals surface area contributed by atoms with Gasteiger partial charge in [-0.3, -0.25) is 9.59 Å². The molecule has 0 saturated carbocycles. The van der Waals surface area contributed by atoms with Crippen molar-refractivity contribution in [3.05, 3.63) is 29.8 Å². The number of nitrogens with two attached hydrogens (primary N) is 1. The van der Waals surface area contributed by atoms with Crippen LogP contribution in [0, 0.1) is 0 Å². The van der Waals surface area contributed by atoms with Crippen LogP contribution in [-0.2, 0) is 25.6 Å². The van der Waals surface area contributed by atoms with Gasteiger partial charge in [-0.25, -0.2) is 4.79 Å². The van der Waals surface area contributed by atoms with Gasteiger partial charge in [0.25, 0.3) is 0 Å². The van der Waals surface area contributed by atoms with Crippen LogP contribution >= 0.6 is 0 Å². The van der Waals surface area contributed by atoms with Crippen LogP contribution in [0.3, 0.4) is 0 Å². The van der Waals surface area contributed by atoms with Gasteiger partial charge in [-0.1, -0.05) is 12.1 Å². The zero-order valence-electron chi connectivity index (χ0n) is 12.1. The van der Waals surface area contributed by atoms with E-state index in [0.29, 0.717) is 5.56 Å². The molecule has 126 valence electrons. The van der Waals surface area contributed by atoms with Gasteiger partial charge in [0.05, 0.1) is 0 Å². The van der Waals surface area contributed by atoms with Crippen molar-refractivity contribution in [2.24, 2.45) is 5.73 Å². The topological polar surface area (TPSA) is 159 Å². The van der Waals surface area contributed by atoms with Crippen LogP contribution in [0.5, 0.6) is 5.75 Å². The number of phenolic OH excluding ortho intramolecular Hbond substituents is 1. The van der Waals surface area contributed by atoms with Gasteiger partial charge in [0.15, 0.2) is 0 Å². The summed E-state index contributed by atoms with van der Waals surface area (Å²) in [5, 5.41) is 26.8. The molecule has 2 atom stereocenters. The molecule has 0 aromatic heterocycles. The number of aliphatic carboxylic acids is 2. The lowest BCUT2D eigenvalue weighted by atomic mass is 10.1. The van der Waals surface area contributed by atoms with Crippen LogP contribution in [-0.4, -0.2) is 45.3 Å². The monoisotopic (exact) mass is 326 g/mol. The number of carboxylic acid groups (broad SMARTS) is 2. The summed E-state index contributed by atoms with van der Waals surface area (Å²) in [5.74, 6) is -3.24. The predicted octanol–water partition coefficient (Wildman–Crippen LogP) is -0.372. The van der Waals surface area contributed by atoms with E-state index in [2.05, 4.69) is 10.3 Å². The van der Waals surface area contributed by atoms with Gasteiger partial charge >= 0.3 is 17.9 Å². The van der Waals surface area contributed by atoms with E-state index in [1.165, 1.54) is 24.3 Å². The Balaban J connectivity index is 2.53. The molecule has 0 unspecified atom stereocenters. The average Bonchev–Trinajstić information content (AvgIpc) is 2.50. The second kappa shape index (κ2) is 8.71. The second-order valence-electron chi connectivity index (χ2n) is 4.84. The van der Waals surface area contributed by atoms with Gasteiger partial charge in [0.1, 0.15) is 17.8 Å². The lowest BCUT2D eigenvalue weighted by Crippen LogP contribution is -2.43. The molecule has 6 N–H and O–H groups in total. The smallest absolute Gasteiger partial charge is 0.341 e. The summed E-state index contributed by atoms with van der Waals surface area (Å²) in [6.45, 7) is 0. The van der Waals surface area contributed by atoms with Gasteiger partial charge in [0, 0.05) is 12.8 Å². The average molecular weight is 326 g/mol. The Morgan fingerprint density at radius 2 is 1.78 bits per heavy atom. The normalized spacial score (nSPS) is 13.1. The number of hydrogen-bond donors (Lipinski definition) is 5. The zero-order valence-corrected chi connectivity index (χ0v) is 12.1. The van der Waals surface area contributed by atoms with Gasteiger partial charge in [-0.05, 0) is 24.1 Å². The molecule has 1 aromatic carbocycles. The number of benzene rings is 1. The predicted molar refractivity (Wildman–Crippen MR) is 77.3 cm³/mol. The summed E-state index contributed by atoms with van der Waals surface area (Å²) in [5.41, 5.74) is 8.16. The Morgan fingerprint density at radius 1 is 1.17 bits per heavy atom. The van der Waals surface area contributed by atoms with Crippen LogP contribution < -0.4 is 11.2 Å². The first-order valence-electron chi connectivity index (χ1n) is 6.74. The Hall–Kier alpha value is -2.65. The zero-order chi connectivity index (χ0) is 17.4. The van der Waals surface area contributed by atoms with Gasteiger partial charge < -0.3 is 25.9 Å². The first kappa shape index (κ1) is 18.4. The summed E-state index contributed by atoms with van der Waals surface area (Å²) in [6, 6.07) is 3.50. The van der Waals surface area contributed by atoms with E-state index in [4.69, 9.17) is 21.1 Å². The highest BCUT2D eigenvalue weighted by Crippen LogP contribution is 2.11. The van der Waals surface area contributed by atoms with Crippen LogP contribution in [0.25, 0.3) is 0 Å². The Kier molecular flexibility index (Phi) is 6.97. The molecular weight excluding hydrogens is 308 g/mol. The third-order valence-electron chi connectivity index (χ3n) is 2.95. The van der Waals surface area contributed by atoms with Crippen LogP contribution in [0.4, 0.5) is 0 Å². The fraction of sp³-hybridized carbons (Fsp3) is 0.357. The number of aromatic hydroxyl groups is 1.